The highest BCUT2D eigenvalue weighted by Gasteiger charge is 2.25. The van der Waals surface area contributed by atoms with Gasteiger partial charge < -0.3 is 19.7 Å². The van der Waals surface area contributed by atoms with Crippen LogP contribution < -0.4 is 0 Å². The SMILES string of the molecule is CCC(C)(C)CCCOCOC1CCC(C(O)O)CC1. The molecule has 1 aliphatic rings. The van der Waals surface area contributed by atoms with Crippen LogP contribution in [-0.2, 0) is 9.47 Å². The van der Waals surface area contributed by atoms with Crippen LogP contribution in [0.3, 0.4) is 0 Å². The third-order valence-electron chi connectivity index (χ3n) is 4.63. The molecule has 0 saturated heterocycles. The van der Waals surface area contributed by atoms with Crippen molar-refractivity contribution in [3.63, 3.8) is 0 Å². The minimum absolute atomic E-state index is 0.0204. The molecule has 1 fully saturated rings. The second-order valence-corrected chi connectivity index (χ2v) is 6.76. The van der Waals surface area contributed by atoms with Crippen LogP contribution in [0.2, 0.25) is 0 Å². The first-order valence-electron chi connectivity index (χ1n) is 8.00. The fraction of sp³-hybridized carbons (Fsp3) is 1.00. The Morgan fingerprint density at radius 2 is 1.80 bits per heavy atom. The fourth-order valence-electron chi connectivity index (χ4n) is 2.59. The Morgan fingerprint density at radius 1 is 1.15 bits per heavy atom. The van der Waals surface area contributed by atoms with Gasteiger partial charge in [0.2, 0.25) is 0 Å². The highest BCUT2D eigenvalue weighted by Crippen LogP contribution is 2.28. The lowest BCUT2D eigenvalue weighted by molar-refractivity contribution is -0.128. The van der Waals surface area contributed by atoms with E-state index in [0.29, 0.717) is 12.2 Å². The summed E-state index contributed by atoms with van der Waals surface area (Å²) in [4.78, 5) is 0. The first kappa shape index (κ1) is 17.9. The zero-order chi connectivity index (χ0) is 15.0. The Balaban J connectivity index is 1.98. The maximum absolute atomic E-state index is 9.11. The van der Waals surface area contributed by atoms with E-state index in [9.17, 15) is 0 Å². The Bertz CT molecular complexity index is 245. The number of rotatable bonds is 9. The van der Waals surface area contributed by atoms with Gasteiger partial charge in [-0.3, -0.25) is 0 Å². The van der Waals surface area contributed by atoms with Crippen molar-refractivity contribution >= 4 is 0 Å². The van der Waals surface area contributed by atoms with Crippen molar-refractivity contribution in [1.82, 2.24) is 0 Å². The minimum atomic E-state index is -1.17. The zero-order valence-corrected chi connectivity index (χ0v) is 13.3. The standard InChI is InChI=1S/C16H32O4/c1-4-16(2,3)10-5-11-19-12-20-14-8-6-13(7-9-14)15(17)18/h13-15,17-18H,4-12H2,1-3H3. The Morgan fingerprint density at radius 3 is 2.35 bits per heavy atom. The fourth-order valence-corrected chi connectivity index (χ4v) is 2.59. The van der Waals surface area contributed by atoms with Crippen molar-refractivity contribution < 1.29 is 19.7 Å². The monoisotopic (exact) mass is 288 g/mol. The Kier molecular flexibility index (Phi) is 8.03. The van der Waals surface area contributed by atoms with Gasteiger partial charge in [0.25, 0.3) is 0 Å². The normalized spacial score (nSPS) is 24.3. The van der Waals surface area contributed by atoms with Gasteiger partial charge in [0, 0.05) is 12.5 Å². The molecule has 0 aromatic rings. The van der Waals surface area contributed by atoms with Crippen LogP contribution in [0.5, 0.6) is 0 Å². The van der Waals surface area contributed by atoms with E-state index in [1.165, 1.54) is 12.8 Å². The molecule has 1 aliphatic carbocycles. The van der Waals surface area contributed by atoms with Crippen LogP contribution in [0.4, 0.5) is 0 Å². The van der Waals surface area contributed by atoms with Crippen LogP contribution in [-0.4, -0.2) is 36.0 Å². The predicted molar refractivity (Wildman–Crippen MR) is 79.2 cm³/mol. The van der Waals surface area contributed by atoms with Crippen LogP contribution >= 0.6 is 0 Å². The molecule has 0 heterocycles. The van der Waals surface area contributed by atoms with Crippen LogP contribution in [0, 0.1) is 11.3 Å². The van der Waals surface area contributed by atoms with Gasteiger partial charge in [0.05, 0.1) is 6.10 Å². The molecule has 0 aromatic carbocycles. The summed E-state index contributed by atoms with van der Waals surface area (Å²) in [6.07, 6.45) is 5.95. The molecular formula is C16H32O4. The molecule has 0 aliphatic heterocycles. The molecule has 0 bridgehead atoms. The van der Waals surface area contributed by atoms with E-state index in [1.807, 2.05) is 0 Å². The highest BCUT2D eigenvalue weighted by atomic mass is 16.7. The molecule has 0 radical (unpaired) electrons. The topological polar surface area (TPSA) is 58.9 Å². The van der Waals surface area contributed by atoms with Gasteiger partial charge in [-0.1, -0.05) is 27.2 Å². The number of hydrogen-bond donors (Lipinski definition) is 2. The molecule has 1 saturated carbocycles. The summed E-state index contributed by atoms with van der Waals surface area (Å²) in [5.74, 6) is 0.0204. The molecule has 0 amide bonds. The summed E-state index contributed by atoms with van der Waals surface area (Å²) in [5.41, 5.74) is 0.410. The van der Waals surface area contributed by atoms with Gasteiger partial charge in [-0.2, -0.15) is 0 Å². The Hall–Kier alpha value is -0.160. The maximum atomic E-state index is 9.11. The average Bonchev–Trinajstić information content (AvgIpc) is 2.43. The van der Waals surface area contributed by atoms with E-state index in [4.69, 9.17) is 19.7 Å². The number of hydrogen-bond acceptors (Lipinski definition) is 4. The van der Waals surface area contributed by atoms with Crippen molar-refractivity contribution in [1.29, 1.82) is 0 Å². The zero-order valence-electron chi connectivity index (χ0n) is 13.3. The number of ether oxygens (including phenoxy) is 2. The quantitative estimate of drug-likeness (QED) is 0.506. The van der Waals surface area contributed by atoms with E-state index in [2.05, 4.69) is 20.8 Å². The van der Waals surface area contributed by atoms with Gasteiger partial charge in [-0.05, 0) is 43.9 Å². The minimum Gasteiger partial charge on any atom is -0.368 e. The van der Waals surface area contributed by atoms with Crippen molar-refractivity contribution in [2.24, 2.45) is 11.3 Å². The molecule has 4 heteroatoms. The maximum Gasteiger partial charge on any atom is 0.154 e. The third-order valence-corrected chi connectivity index (χ3v) is 4.63. The van der Waals surface area contributed by atoms with Crippen LogP contribution in [0.1, 0.15) is 65.7 Å². The molecular weight excluding hydrogens is 256 g/mol. The summed E-state index contributed by atoms with van der Waals surface area (Å²) in [5, 5.41) is 18.2. The summed E-state index contributed by atoms with van der Waals surface area (Å²) < 4.78 is 11.2. The predicted octanol–water partition coefficient (Wildman–Crippen LogP) is 3.06. The lowest BCUT2D eigenvalue weighted by Gasteiger charge is -2.29. The first-order valence-corrected chi connectivity index (χ1v) is 8.00. The summed E-state index contributed by atoms with van der Waals surface area (Å²) in [7, 11) is 0. The molecule has 1 rings (SSSR count). The van der Waals surface area contributed by atoms with Crippen molar-refractivity contribution in [2.75, 3.05) is 13.4 Å². The van der Waals surface area contributed by atoms with E-state index in [1.54, 1.807) is 0 Å². The van der Waals surface area contributed by atoms with E-state index < -0.39 is 6.29 Å². The van der Waals surface area contributed by atoms with Crippen molar-refractivity contribution in [3.05, 3.63) is 0 Å². The van der Waals surface area contributed by atoms with Gasteiger partial charge >= 0.3 is 0 Å². The van der Waals surface area contributed by atoms with E-state index >= 15 is 0 Å². The van der Waals surface area contributed by atoms with Crippen molar-refractivity contribution in [2.45, 2.75) is 78.1 Å². The van der Waals surface area contributed by atoms with Gasteiger partial charge in [-0.15, -0.1) is 0 Å². The second-order valence-electron chi connectivity index (χ2n) is 6.76. The third kappa shape index (κ3) is 7.02. The highest BCUT2D eigenvalue weighted by molar-refractivity contribution is 4.73. The molecule has 20 heavy (non-hydrogen) atoms. The molecule has 2 N–H and O–H groups in total. The molecule has 0 spiro atoms. The molecule has 0 atom stereocenters. The van der Waals surface area contributed by atoms with Gasteiger partial charge in [0.1, 0.15) is 6.79 Å². The van der Waals surface area contributed by atoms with E-state index in [0.717, 1.165) is 38.7 Å². The largest absolute Gasteiger partial charge is 0.368 e. The Labute approximate surface area is 123 Å². The van der Waals surface area contributed by atoms with Gasteiger partial charge in [-0.25, -0.2) is 0 Å². The van der Waals surface area contributed by atoms with Gasteiger partial charge in [0.15, 0.2) is 6.29 Å². The van der Waals surface area contributed by atoms with Crippen molar-refractivity contribution in [3.8, 4) is 0 Å². The van der Waals surface area contributed by atoms with Crippen LogP contribution in [0.25, 0.3) is 0 Å². The number of aliphatic hydroxyl groups excluding tert-OH is 1. The summed E-state index contributed by atoms with van der Waals surface area (Å²) in [6.45, 7) is 7.93. The summed E-state index contributed by atoms with van der Waals surface area (Å²) >= 11 is 0. The number of aliphatic hydroxyl groups is 2. The first-order chi connectivity index (χ1) is 9.44. The molecule has 4 nitrogen and oxygen atoms in total. The van der Waals surface area contributed by atoms with Crippen LogP contribution in [0.15, 0.2) is 0 Å². The summed E-state index contributed by atoms with van der Waals surface area (Å²) in [6, 6.07) is 0. The smallest absolute Gasteiger partial charge is 0.154 e. The average molecular weight is 288 g/mol. The lowest BCUT2D eigenvalue weighted by atomic mass is 9.85. The molecule has 0 unspecified atom stereocenters. The second kappa shape index (κ2) is 8.98. The van der Waals surface area contributed by atoms with E-state index in [-0.39, 0.29) is 12.0 Å². The molecule has 0 aromatic heterocycles. The molecule has 120 valence electrons. The lowest BCUT2D eigenvalue weighted by Crippen LogP contribution is -2.29.